The lowest BCUT2D eigenvalue weighted by atomic mass is 9.73. The number of aliphatic hydroxyl groups excluding tert-OH is 1. The molecule has 1 fully saturated rings. The first-order valence-electron chi connectivity index (χ1n) is 7.89. The molecule has 22 heavy (non-hydrogen) atoms. The van der Waals surface area contributed by atoms with Gasteiger partial charge in [0.15, 0.2) is 6.10 Å². The Morgan fingerprint density at radius 1 is 1.32 bits per heavy atom. The average Bonchev–Trinajstić information content (AvgIpc) is 2.47. The monoisotopic (exact) mass is 305 g/mol. The molecule has 0 saturated carbocycles. The maximum absolute atomic E-state index is 12.7. The molecule has 4 heteroatoms. The molecule has 1 aliphatic rings. The lowest BCUT2D eigenvalue weighted by Gasteiger charge is -2.42. The zero-order valence-corrected chi connectivity index (χ0v) is 14.0. The number of methoxy groups -OCH3 is 1. The minimum atomic E-state index is -0.598. The third kappa shape index (κ3) is 3.68. The molecule has 2 rings (SSSR count). The summed E-state index contributed by atoms with van der Waals surface area (Å²) in [5, 5.41) is 10.4. The van der Waals surface area contributed by atoms with E-state index in [-0.39, 0.29) is 17.2 Å². The number of nitrogens with zero attached hydrogens (tertiary/aromatic N) is 1. The molecule has 0 aliphatic carbocycles. The van der Waals surface area contributed by atoms with E-state index in [9.17, 15) is 9.90 Å². The Morgan fingerprint density at radius 2 is 1.95 bits per heavy atom. The Morgan fingerprint density at radius 3 is 2.45 bits per heavy atom. The van der Waals surface area contributed by atoms with E-state index in [1.807, 2.05) is 30.3 Å². The predicted octanol–water partition coefficient (Wildman–Crippen LogP) is 2.63. The summed E-state index contributed by atoms with van der Waals surface area (Å²) in [5.74, 6) is 0.148. The fraction of sp³-hybridized carbons (Fsp3) is 0.611. The van der Waals surface area contributed by atoms with Crippen molar-refractivity contribution in [2.45, 2.75) is 39.4 Å². The van der Waals surface area contributed by atoms with Gasteiger partial charge in [0.05, 0.1) is 6.10 Å². The summed E-state index contributed by atoms with van der Waals surface area (Å²) in [7, 11) is 1.55. The van der Waals surface area contributed by atoms with Crippen molar-refractivity contribution in [1.82, 2.24) is 4.90 Å². The highest BCUT2D eigenvalue weighted by Gasteiger charge is 2.38. The summed E-state index contributed by atoms with van der Waals surface area (Å²) in [6.07, 6.45) is -0.257. The van der Waals surface area contributed by atoms with Gasteiger partial charge in [0, 0.05) is 20.2 Å². The summed E-state index contributed by atoms with van der Waals surface area (Å²) < 4.78 is 5.41. The number of benzene rings is 1. The van der Waals surface area contributed by atoms with Crippen LogP contribution >= 0.6 is 0 Å². The molecular weight excluding hydrogens is 278 g/mol. The maximum atomic E-state index is 12.7. The minimum Gasteiger partial charge on any atom is -0.391 e. The highest BCUT2D eigenvalue weighted by atomic mass is 16.5. The molecule has 1 aliphatic heterocycles. The SMILES string of the molecule is CO[C@H](C(=O)N1CC[C@H](C(C)(C)C)[C@@H](O)C1)c1ccccc1. The van der Waals surface area contributed by atoms with Crippen LogP contribution in [0.1, 0.15) is 38.9 Å². The first kappa shape index (κ1) is 17.0. The van der Waals surface area contributed by atoms with Crippen molar-refractivity contribution >= 4 is 5.91 Å². The van der Waals surface area contributed by atoms with E-state index >= 15 is 0 Å². The second-order valence-corrected chi connectivity index (χ2v) is 7.14. The molecule has 4 nitrogen and oxygen atoms in total. The van der Waals surface area contributed by atoms with Gasteiger partial charge >= 0.3 is 0 Å². The van der Waals surface area contributed by atoms with Crippen LogP contribution in [0.4, 0.5) is 0 Å². The van der Waals surface area contributed by atoms with Crippen molar-refractivity contribution in [1.29, 1.82) is 0 Å². The third-order valence-electron chi connectivity index (χ3n) is 4.57. The smallest absolute Gasteiger partial charge is 0.256 e. The molecule has 1 N–H and O–H groups in total. The van der Waals surface area contributed by atoms with Gasteiger partial charge in [0.25, 0.3) is 5.91 Å². The number of β-amino-alcohol motifs (C(OH)–C–C–N with tert-alkyl or cyclic N) is 1. The van der Waals surface area contributed by atoms with E-state index in [0.29, 0.717) is 13.1 Å². The Labute approximate surface area is 133 Å². The van der Waals surface area contributed by atoms with Gasteiger partial charge in [0.1, 0.15) is 0 Å². The third-order valence-corrected chi connectivity index (χ3v) is 4.57. The molecule has 3 atom stereocenters. The summed E-state index contributed by atoms with van der Waals surface area (Å²) >= 11 is 0. The zero-order valence-electron chi connectivity index (χ0n) is 14.0. The van der Waals surface area contributed by atoms with Crippen LogP contribution in [0, 0.1) is 11.3 Å². The fourth-order valence-corrected chi connectivity index (χ4v) is 3.32. The largest absolute Gasteiger partial charge is 0.391 e. The van der Waals surface area contributed by atoms with E-state index in [0.717, 1.165) is 12.0 Å². The Balaban J connectivity index is 2.08. The van der Waals surface area contributed by atoms with Crippen molar-refractivity contribution in [2.24, 2.45) is 11.3 Å². The molecular formula is C18H27NO3. The van der Waals surface area contributed by atoms with Crippen LogP contribution in [-0.4, -0.2) is 42.2 Å². The number of rotatable bonds is 3. The number of likely N-dealkylation sites (tertiary alicyclic amines) is 1. The molecule has 0 aromatic heterocycles. The van der Waals surface area contributed by atoms with Crippen LogP contribution in [0.3, 0.4) is 0 Å². The number of ether oxygens (including phenoxy) is 1. The highest BCUT2D eigenvalue weighted by molar-refractivity contribution is 5.82. The van der Waals surface area contributed by atoms with Crippen LogP contribution in [0.25, 0.3) is 0 Å². The number of hydrogen-bond acceptors (Lipinski definition) is 3. The van der Waals surface area contributed by atoms with Gasteiger partial charge in [-0.1, -0.05) is 51.1 Å². The van der Waals surface area contributed by atoms with Gasteiger partial charge in [-0.25, -0.2) is 0 Å². The molecule has 1 aromatic rings. The van der Waals surface area contributed by atoms with Gasteiger partial charge in [-0.3, -0.25) is 4.79 Å². The maximum Gasteiger partial charge on any atom is 0.256 e. The fourth-order valence-electron chi connectivity index (χ4n) is 3.32. The normalized spacial score (nSPS) is 24.1. The molecule has 0 bridgehead atoms. The van der Waals surface area contributed by atoms with Crippen molar-refractivity contribution in [2.75, 3.05) is 20.2 Å². The summed E-state index contributed by atoms with van der Waals surface area (Å²) in [4.78, 5) is 14.5. The van der Waals surface area contributed by atoms with Crippen LogP contribution in [-0.2, 0) is 9.53 Å². The Hall–Kier alpha value is -1.39. The lowest BCUT2D eigenvalue weighted by Crippen LogP contribution is -2.51. The number of hydrogen-bond donors (Lipinski definition) is 1. The first-order chi connectivity index (χ1) is 10.3. The van der Waals surface area contributed by atoms with E-state index in [1.165, 1.54) is 0 Å². The van der Waals surface area contributed by atoms with Gasteiger partial charge in [-0.15, -0.1) is 0 Å². The average molecular weight is 305 g/mol. The summed E-state index contributed by atoms with van der Waals surface area (Å²) in [6.45, 7) is 7.47. The molecule has 1 heterocycles. The van der Waals surface area contributed by atoms with Gasteiger partial charge in [0.2, 0.25) is 0 Å². The van der Waals surface area contributed by atoms with Crippen molar-refractivity contribution < 1.29 is 14.6 Å². The second-order valence-electron chi connectivity index (χ2n) is 7.14. The molecule has 122 valence electrons. The molecule has 1 saturated heterocycles. The van der Waals surface area contributed by atoms with E-state index in [1.54, 1.807) is 12.0 Å². The lowest BCUT2D eigenvalue weighted by molar-refractivity contribution is -0.148. The van der Waals surface area contributed by atoms with Crippen LogP contribution in [0.2, 0.25) is 0 Å². The molecule has 0 spiro atoms. The number of aliphatic hydroxyl groups is 1. The van der Waals surface area contributed by atoms with Gasteiger partial charge in [-0.2, -0.15) is 0 Å². The van der Waals surface area contributed by atoms with Crippen LogP contribution in [0.5, 0.6) is 0 Å². The van der Waals surface area contributed by atoms with Gasteiger partial charge < -0.3 is 14.7 Å². The van der Waals surface area contributed by atoms with Crippen molar-refractivity contribution in [3.8, 4) is 0 Å². The quantitative estimate of drug-likeness (QED) is 0.934. The van der Waals surface area contributed by atoms with Crippen molar-refractivity contribution in [3.05, 3.63) is 35.9 Å². The van der Waals surface area contributed by atoms with Crippen molar-refractivity contribution in [3.63, 3.8) is 0 Å². The number of amides is 1. The van der Waals surface area contributed by atoms with E-state index in [2.05, 4.69) is 20.8 Å². The topological polar surface area (TPSA) is 49.8 Å². The van der Waals surface area contributed by atoms with Gasteiger partial charge in [-0.05, 0) is 23.3 Å². The minimum absolute atomic E-state index is 0.0502. The first-order valence-corrected chi connectivity index (χ1v) is 7.89. The van der Waals surface area contributed by atoms with Crippen LogP contribution < -0.4 is 0 Å². The number of carbonyl (C=O) groups is 1. The molecule has 1 aromatic carbocycles. The Bertz CT molecular complexity index is 495. The molecule has 0 radical (unpaired) electrons. The summed E-state index contributed by atoms with van der Waals surface area (Å²) in [5.41, 5.74) is 0.900. The molecule has 0 unspecified atom stereocenters. The molecule has 1 amide bonds. The van der Waals surface area contributed by atoms with E-state index < -0.39 is 12.2 Å². The van der Waals surface area contributed by atoms with E-state index in [4.69, 9.17) is 4.74 Å². The predicted molar refractivity (Wildman–Crippen MR) is 86.3 cm³/mol. The Kier molecular flexibility index (Phi) is 5.24. The number of piperidine rings is 1. The zero-order chi connectivity index (χ0) is 16.3. The second kappa shape index (κ2) is 6.80. The highest BCUT2D eigenvalue weighted by Crippen LogP contribution is 2.35. The standard InChI is InChI=1S/C18H27NO3/c1-18(2,3)14-10-11-19(12-15(14)20)17(21)16(22-4)13-8-6-5-7-9-13/h5-9,14-16,20H,10-12H2,1-4H3/t14-,15-,16-/m0/s1. The summed E-state index contributed by atoms with van der Waals surface area (Å²) in [6, 6.07) is 9.50. The van der Waals surface area contributed by atoms with Crippen LogP contribution in [0.15, 0.2) is 30.3 Å². The number of carbonyl (C=O) groups excluding carboxylic acids is 1.